The van der Waals surface area contributed by atoms with Crippen molar-refractivity contribution in [1.82, 2.24) is 14.6 Å². The van der Waals surface area contributed by atoms with E-state index >= 15 is 0 Å². The number of hydrogen-bond donors (Lipinski definition) is 1. The Bertz CT molecular complexity index is 764. The van der Waals surface area contributed by atoms with Gasteiger partial charge in [0.25, 0.3) is 0 Å². The van der Waals surface area contributed by atoms with Crippen LogP contribution in [-0.4, -0.2) is 27.8 Å². The maximum Gasteiger partial charge on any atom is 0.214 e. The van der Waals surface area contributed by atoms with Crippen LogP contribution < -0.4 is 15.2 Å². The third-order valence-electron chi connectivity index (χ3n) is 2.91. The molecule has 0 amide bonds. The minimum Gasteiger partial charge on any atom is -0.486 e. The summed E-state index contributed by atoms with van der Waals surface area (Å²) < 4.78 is 12.7. The molecule has 0 spiro atoms. The van der Waals surface area contributed by atoms with Crippen molar-refractivity contribution in [2.75, 3.05) is 18.9 Å². The van der Waals surface area contributed by atoms with Gasteiger partial charge in [-0.1, -0.05) is 0 Å². The van der Waals surface area contributed by atoms with Gasteiger partial charge in [-0.25, -0.2) is 0 Å². The molecule has 1 aliphatic rings. The van der Waals surface area contributed by atoms with Gasteiger partial charge in [-0.3, -0.25) is 0 Å². The number of hydrogen-bond acceptors (Lipinski definition) is 6. The van der Waals surface area contributed by atoms with Gasteiger partial charge in [0.15, 0.2) is 17.3 Å². The van der Waals surface area contributed by atoms with Crippen LogP contribution in [0.1, 0.15) is 0 Å². The van der Waals surface area contributed by atoms with Gasteiger partial charge in [0, 0.05) is 10.9 Å². The molecule has 0 radical (unpaired) electrons. The Labute approximate surface area is 112 Å². The van der Waals surface area contributed by atoms with Crippen LogP contribution in [0.2, 0.25) is 0 Å². The zero-order valence-electron chi connectivity index (χ0n) is 9.87. The van der Waals surface area contributed by atoms with Gasteiger partial charge in [0.05, 0.1) is 0 Å². The number of rotatable bonds is 1. The molecular weight excluding hydrogens is 264 g/mol. The van der Waals surface area contributed by atoms with Crippen molar-refractivity contribution in [2.24, 2.45) is 0 Å². The maximum absolute atomic E-state index is 5.80. The number of fused-ring (bicyclic) bond motifs is 2. The molecule has 3 aromatic rings. The van der Waals surface area contributed by atoms with Gasteiger partial charge in [-0.15, -0.1) is 16.4 Å². The summed E-state index contributed by atoms with van der Waals surface area (Å²) in [5.41, 5.74) is 6.69. The Balaban J connectivity index is 1.82. The molecule has 4 rings (SSSR count). The summed E-state index contributed by atoms with van der Waals surface area (Å²) in [6.07, 6.45) is 0. The summed E-state index contributed by atoms with van der Waals surface area (Å²) in [4.78, 5) is 5.23. The predicted octanol–water partition coefficient (Wildman–Crippen LogP) is 1.81. The molecule has 2 aromatic heterocycles. The van der Waals surface area contributed by atoms with Gasteiger partial charge in [-0.2, -0.15) is 9.50 Å². The number of ether oxygens (including phenoxy) is 2. The number of nitrogen functional groups attached to an aromatic ring is 1. The molecule has 0 aliphatic carbocycles. The smallest absolute Gasteiger partial charge is 0.214 e. The summed E-state index contributed by atoms with van der Waals surface area (Å²) in [6, 6.07) is 5.69. The third-order valence-corrected chi connectivity index (χ3v) is 3.74. The Hall–Kier alpha value is -2.28. The molecule has 19 heavy (non-hydrogen) atoms. The van der Waals surface area contributed by atoms with E-state index in [0.717, 1.165) is 22.0 Å². The van der Waals surface area contributed by atoms with Crippen molar-refractivity contribution >= 4 is 22.1 Å². The molecule has 0 bridgehead atoms. The first-order valence-corrected chi connectivity index (χ1v) is 6.69. The van der Waals surface area contributed by atoms with Crippen LogP contribution in [0.25, 0.3) is 16.3 Å². The number of aromatic nitrogens is 3. The largest absolute Gasteiger partial charge is 0.486 e. The Morgan fingerprint density at radius 1 is 1.21 bits per heavy atom. The number of nitrogens with zero attached hydrogens (tertiary/aromatic N) is 3. The lowest BCUT2D eigenvalue weighted by molar-refractivity contribution is 0.171. The fourth-order valence-corrected chi connectivity index (χ4v) is 2.72. The summed E-state index contributed by atoms with van der Waals surface area (Å²) in [7, 11) is 0. The van der Waals surface area contributed by atoms with Gasteiger partial charge >= 0.3 is 0 Å². The Kier molecular flexibility index (Phi) is 2.16. The standard InChI is InChI=1S/C12H10N4O2S/c13-10-6-19-12-14-11(15-16(10)12)7-1-2-8-9(5-7)18-4-3-17-8/h1-2,5-6H,3-4,13H2. The highest BCUT2D eigenvalue weighted by atomic mass is 32.1. The summed E-state index contributed by atoms with van der Waals surface area (Å²) >= 11 is 1.47. The first-order chi connectivity index (χ1) is 9.31. The topological polar surface area (TPSA) is 74.7 Å². The van der Waals surface area contributed by atoms with E-state index in [1.165, 1.54) is 11.3 Å². The van der Waals surface area contributed by atoms with Crippen LogP contribution in [0.4, 0.5) is 5.82 Å². The van der Waals surface area contributed by atoms with Crippen molar-refractivity contribution in [1.29, 1.82) is 0 Å². The molecule has 0 saturated carbocycles. The molecule has 1 aliphatic heterocycles. The van der Waals surface area contributed by atoms with Crippen LogP contribution >= 0.6 is 11.3 Å². The second kappa shape index (κ2) is 3.86. The van der Waals surface area contributed by atoms with E-state index in [1.807, 2.05) is 23.6 Å². The van der Waals surface area contributed by atoms with Gasteiger partial charge < -0.3 is 15.2 Å². The highest BCUT2D eigenvalue weighted by molar-refractivity contribution is 7.15. The lowest BCUT2D eigenvalue weighted by Crippen LogP contribution is -2.15. The van der Waals surface area contributed by atoms with Crippen molar-refractivity contribution in [3.8, 4) is 22.9 Å². The van der Waals surface area contributed by atoms with Crippen LogP contribution in [0, 0.1) is 0 Å². The molecule has 0 fully saturated rings. The van der Waals surface area contributed by atoms with E-state index < -0.39 is 0 Å². The molecule has 96 valence electrons. The summed E-state index contributed by atoms with van der Waals surface area (Å²) in [6.45, 7) is 1.15. The normalized spacial score (nSPS) is 13.9. The third kappa shape index (κ3) is 1.62. The quantitative estimate of drug-likeness (QED) is 0.732. The number of nitrogens with two attached hydrogens (primary N) is 1. The van der Waals surface area contributed by atoms with Gasteiger partial charge in [0.1, 0.15) is 19.0 Å². The first kappa shape index (κ1) is 10.6. The molecule has 2 N–H and O–H groups in total. The van der Waals surface area contributed by atoms with Crippen molar-refractivity contribution in [3.63, 3.8) is 0 Å². The van der Waals surface area contributed by atoms with Gasteiger partial charge in [-0.05, 0) is 18.2 Å². The molecule has 0 atom stereocenters. The van der Waals surface area contributed by atoms with Crippen molar-refractivity contribution in [2.45, 2.75) is 0 Å². The van der Waals surface area contributed by atoms with Crippen LogP contribution in [-0.2, 0) is 0 Å². The van der Waals surface area contributed by atoms with Crippen LogP contribution in [0.15, 0.2) is 23.6 Å². The highest BCUT2D eigenvalue weighted by Crippen LogP contribution is 2.34. The maximum atomic E-state index is 5.80. The molecule has 0 saturated heterocycles. The van der Waals surface area contributed by atoms with Crippen molar-refractivity contribution in [3.05, 3.63) is 23.6 Å². The molecule has 1 aromatic carbocycles. The minimum absolute atomic E-state index is 0.565. The first-order valence-electron chi connectivity index (χ1n) is 5.81. The van der Waals surface area contributed by atoms with E-state index in [9.17, 15) is 0 Å². The second-order valence-electron chi connectivity index (χ2n) is 4.15. The lowest BCUT2D eigenvalue weighted by Gasteiger charge is -2.18. The number of benzene rings is 1. The predicted molar refractivity (Wildman–Crippen MR) is 71.7 cm³/mol. The number of anilines is 1. The molecular formula is C12H10N4O2S. The van der Waals surface area contributed by atoms with E-state index in [0.29, 0.717) is 24.9 Å². The highest BCUT2D eigenvalue weighted by Gasteiger charge is 2.15. The molecule has 7 heteroatoms. The zero-order valence-corrected chi connectivity index (χ0v) is 10.7. The molecule has 0 unspecified atom stereocenters. The second-order valence-corrected chi connectivity index (χ2v) is 4.99. The lowest BCUT2D eigenvalue weighted by atomic mass is 10.2. The van der Waals surface area contributed by atoms with Crippen molar-refractivity contribution < 1.29 is 9.47 Å². The fraction of sp³-hybridized carbons (Fsp3) is 0.167. The van der Waals surface area contributed by atoms with E-state index in [-0.39, 0.29) is 0 Å². The van der Waals surface area contributed by atoms with Crippen LogP contribution in [0.5, 0.6) is 11.5 Å². The minimum atomic E-state index is 0.565. The number of thiazole rings is 1. The summed E-state index contributed by atoms with van der Waals surface area (Å²) in [5, 5.41) is 6.21. The molecule has 6 nitrogen and oxygen atoms in total. The monoisotopic (exact) mass is 274 g/mol. The summed E-state index contributed by atoms with van der Waals surface area (Å²) in [5.74, 6) is 2.72. The average molecular weight is 274 g/mol. The SMILES string of the molecule is Nc1csc2nc(-c3ccc4c(c3)OCCO4)nn12. The van der Waals surface area contributed by atoms with Gasteiger partial charge in [0.2, 0.25) is 4.96 Å². The fourth-order valence-electron chi connectivity index (χ4n) is 2.01. The van der Waals surface area contributed by atoms with E-state index in [1.54, 1.807) is 4.52 Å². The average Bonchev–Trinajstić information content (AvgIpc) is 3.01. The van der Waals surface area contributed by atoms with E-state index in [2.05, 4.69) is 10.1 Å². The Morgan fingerprint density at radius 3 is 2.89 bits per heavy atom. The molecule has 3 heterocycles. The Morgan fingerprint density at radius 2 is 2.05 bits per heavy atom. The van der Waals surface area contributed by atoms with Crippen LogP contribution in [0.3, 0.4) is 0 Å². The zero-order chi connectivity index (χ0) is 12.8. The van der Waals surface area contributed by atoms with E-state index in [4.69, 9.17) is 15.2 Å².